The standard InChI is InChI=1S/C21H28N6O5/c1-12(18(28)26-13(2)21(31)32)25-20(30)17(9-15-10-23-11-24-15)27-19(29)16(22)8-14-6-4-3-5-7-14/h3-7,10-13,16-17H,8-9,22H2,1-2H3,(H,23,24)(H,25,30)(H,26,28)(H,27,29)(H,31,32). The van der Waals surface area contributed by atoms with Crippen LogP contribution in [-0.2, 0) is 32.0 Å². The third kappa shape index (κ3) is 7.51. The fourth-order valence-corrected chi connectivity index (χ4v) is 2.84. The molecule has 0 aliphatic rings. The first-order valence-electron chi connectivity index (χ1n) is 10.1. The predicted molar refractivity (Wildman–Crippen MR) is 115 cm³/mol. The Morgan fingerprint density at radius 2 is 1.62 bits per heavy atom. The van der Waals surface area contributed by atoms with Crippen molar-refractivity contribution in [1.82, 2.24) is 25.9 Å². The Balaban J connectivity index is 2.03. The van der Waals surface area contributed by atoms with E-state index in [2.05, 4.69) is 25.9 Å². The Bertz CT molecular complexity index is 918. The number of carbonyl (C=O) groups excluding carboxylic acids is 3. The number of nitrogens with zero attached hydrogens (tertiary/aromatic N) is 1. The van der Waals surface area contributed by atoms with Gasteiger partial charge in [0.15, 0.2) is 0 Å². The number of aliphatic carboxylic acids is 1. The normalized spacial score (nSPS) is 14.5. The number of benzene rings is 1. The Morgan fingerprint density at radius 3 is 2.22 bits per heavy atom. The van der Waals surface area contributed by atoms with Gasteiger partial charge in [-0.05, 0) is 25.8 Å². The molecule has 1 aromatic carbocycles. The fraction of sp³-hybridized carbons (Fsp3) is 0.381. The van der Waals surface area contributed by atoms with Gasteiger partial charge in [0.25, 0.3) is 0 Å². The zero-order valence-electron chi connectivity index (χ0n) is 17.9. The molecule has 2 rings (SSSR count). The number of aromatic amines is 1. The lowest BCUT2D eigenvalue weighted by atomic mass is 10.0. The van der Waals surface area contributed by atoms with Gasteiger partial charge in [0.2, 0.25) is 17.7 Å². The van der Waals surface area contributed by atoms with Gasteiger partial charge in [0.05, 0.1) is 12.4 Å². The number of amides is 3. The molecule has 0 saturated carbocycles. The van der Waals surface area contributed by atoms with Crippen LogP contribution in [0, 0.1) is 0 Å². The number of nitrogens with two attached hydrogens (primary N) is 1. The van der Waals surface area contributed by atoms with Crippen molar-refractivity contribution >= 4 is 23.7 Å². The molecule has 172 valence electrons. The Hall–Kier alpha value is -3.73. The van der Waals surface area contributed by atoms with Crippen molar-refractivity contribution < 1.29 is 24.3 Å². The van der Waals surface area contributed by atoms with Gasteiger partial charge in [-0.25, -0.2) is 4.98 Å². The summed E-state index contributed by atoms with van der Waals surface area (Å²) in [5.74, 6) is -3.01. The van der Waals surface area contributed by atoms with Crippen LogP contribution in [-0.4, -0.2) is 62.9 Å². The molecular weight excluding hydrogens is 416 g/mol. The number of H-pyrrole nitrogens is 1. The Kier molecular flexibility index (Phi) is 8.90. The molecule has 11 nitrogen and oxygen atoms in total. The van der Waals surface area contributed by atoms with Crippen LogP contribution in [0.1, 0.15) is 25.1 Å². The monoisotopic (exact) mass is 444 g/mol. The summed E-state index contributed by atoms with van der Waals surface area (Å²) in [6.45, 7) is 2.72. The summed E-state index contributed by atoms with van der Waals surface area (Å²) in [4.78, 5) is 55.3. The van der Waals surface area contributed by atoms with Gasteiger partial charge in [0, 0.05) is 18.3 Å². The maximum atomic E-state index is 12.8. The van der Waals surface area contributed by atoms with E-state index in [9.17, 15) is 19.2 Å². The molecule has 0 bridgehead atoms. The Labute approximate surface area is 185 Å². The van der Waals surface area contributed by atoms with Crippen molar-refractivity contribution in [2.75, 3.05) is 0 Å². The molecule has 11 heteroatoms. The molecular formula is C21H28N6O5. The van der Waals surface area contributed by atoms with Crippen molar-refractivity contribution in [3.05, 3.63) is 54.1 Å². The van der Waals surface area contributed by atoms with Crippen LogP contribution in [0.15, 0.2) is 42.9 Å². The molecule has 0 saturated heterocycles. The van der Waals surface area contributed by atoms with Gasteiger partial charge >= 0.3 is 5.97 Å². The first kappa shape index (κ1) is 24.5. The summed E-state index contributed by atoms with van der Waals surface area (Å²) in [7, 11) is 0. The van der Waals surface area contributed by atoms with Crippen molar-refractivity contribution in [2.45, 2.75) is 50.9 Å². The molecule has 0 spiro atoms. The largest absolute Gasteiger partial charge is 0.480 e. The molecule has 0 aliphatic carbocycles. The maximum absolute atomic E-state index is 12.8. The number of carboxylic acids is 1. The number of carbonyl (C=O) groups is 4. The zero-order valence-corrected chi connectivity index (χ0v) is 17.9. The van der Waals surface area contributed by atoms with E-state index in [1.165, 1.54) is 26.4 Å². The van der Waals surface area contributed by atoms with E-state index in [0.717, 1.165) is 5.56 Å². The predicted octanol–water partition coefficient (Wildman–Crippen LogP) is -0.899. The molecule has 4 atom stereocenters. The number of hydrogen-bond acceptors (Lipinski definition) is 6. The van der Waals surface area contributed by atoms with Crippen LogP contribution in [0.2, 0.25) is 0 Å². The molecule has 1 aromatic heterocycles. The third-order valence-electron chi connectivity index (χ3n) is 4.73. The van der Waals surface area contributed by atoms with E-state index in [0.29, 0.717) is 5.69 Å². The molecule has 2 aromatic rings. The second-order valence-corrected chi connectivity index (χ2v) is 7.44. The lowest BCUT2D eigenvalue weighted by Gasteiger charge is -2.23. The van der Waals surface area contributed by atoms with Crippen LogP contribution in [0.4, 0.5) is 0 Å². The number of hydrogen-bond donors (Lipinski definition) is 6. The molecule has 4 unspecified atom stereocenters. The average molecular weight is 444 g/mol. The van der Waals surface area contributed by atoms with E-state index < -0.39 is 47.9 Å². The number of imidazole rings is 1. The van der Waals surface area contributed by atoms with E-state index in [1.54, 1.807) is 0 Å². The highest BCUT2D eigenvalue weighted by Crippen LogP contribution is 2.04. The lowest BCUT2D eigenvalue weighted by molar-refractivity contribution is -0.141. The van der Waals surface area contributed by atoms with E-state index >= 15 is 0 Å². The smallest absolute Gasteiger partial charge is 0.325 e. The van der Waals surface area contributed by atoms with Gasteiger partial charge in [-0.1, -0.05) is 30.3 Å². The molecule has 7 N–H and O–H groups in total. The van der Waals surface area contributed by atoms with Crippen LogP contribution in [0.5, 0.6) is 0 Å². The van der Waals surface area contributed by atoms with E-state index in [1.807, 2.05) is 30.3 Å². The second-order valence-electron chi connectivity index (χ2n) is 7.44. The van der Waals surface area contributed by atoms with Gasteiger partial charge in [0.1, 0.15) is 18.1 Å². The molecule has 0 fully saturated rings. The summed E-state index contributed by atoms with van der Waals surface area (Å²) in [5, 5.41) is 16.3. The summed E-state index contributed by atoms with van der Waals surface area (Å²) >= 11 is 0. The SMILES string of the molecule is CC(NC(=O)C(C)NC(=O)C(Cc1cnc[nH]1)NC(=O)C(N)Cc1ccccc1)C(=O)O. The van der Waals surface area contributed by atoms with Crippen LogP contribution in [0.25, 0.3) is 0 Å². The summed E-state index contributed by atoms with van der Waals surface area (Å²) < 4.78 is 0. The Morgan fingerprint density at radius 1 is 0.969 bits per heavy atom. The third-order valence-corrected chi connectivity index (χ3v) is 4.73. The van der Waals surface area contributed by atoms with Crippen LogP contribution < -0.4 is 21.7 Å². The molecule has 0 aliphatic heterocycles. The van der Waals surface area contributed by atoms with Crippen molar-refractivity contribution in [1.29, 1.82) is 0 Å². The first-order chi connectivity index (χ1) is 15.2. The summed E-state index contributed by atoms with van der Waals surface area (Å²) in [5.41, 5.74) is 7.49. The number of aromatic nitrogens is 2. The van der Waals surface area contributed by atoms with Gasteiger partial charge < -0.3 is 31.8 Å². The van der Waals surface area contributed by atoms with Gasteiger partial charge in [-0.3, -0.25) is 19.2 Å². The van der Waals surface area contributed by atoms with Crippen molar-refractivity contribution in [3.8, 4) is 0 Å². The lowest BCUT2D eigenvalue weighted by Crippen LogP contribution is -2.56. The minimum absolute atomic E-state index is 0.0928. The quantitative estimate of drug-likeness (QED) is 0.260. The van der Waals surface area contributed by atoms with Gasteiger partial charge in [-0.2, -0.15) is 0 Å². The van der Waals surface area contributed by atoms with Crippen molar-refractivity contribution in [2.24, 2.45) is 5.73 Å². The molecule has 1 heterocycles. The number of carboxylic acid groups (broad SMARTS) is 1. The van der Waals surface area contributed by atoms with Crippen LogP contribution >= 0.6 is 0 Å². The topological polar surface area (TPSA) is 179 Å². The average Bonchev–Trinajstić information content (AvgIpc) is 3.26. The summed E-state index contributed by atoms with van der Waals surface area (Å²) in [6, 6.07) is 5.18. The number of nitrogens with one attached hydrogen (secondary N) is 4. The first-order valence-corrected chi connectivity index (χ1v) is 10.1. The van der Waals surface area contributed by atoms with E-state index in [4.69, 9.17) is 10.8 Å². The van der Waals surface area contributed by atoms with E-state index in [-0.39, 0.29) is 12.8 Å². The fourth-order valence-electron chi connectivity index (χ4n) is 2.84. The summed E-state index contributed by atoms with van der Waals surface area (Å²) in [6.07, 6.45) is 3.34. The highest BCUT2D eigenvalue weighted by Gasteiger charge is 2.28. The van der Waals surface area contributed by atoms with Crippen LogP contribution in [0.3, 0.4) is 0 Å². The minimum atomic E-state index is -1.20. The van der Waals surface area contributed by atoms with Gasteiger partial charge in [-0.15, -0.1) is 0 Å². The highest BCUT2D eigenvalue weighted by atomic mass is 16.4. The molecule has 32 heavy (non-hydrogen) atoms. The number of rotatable bonds is 11. The minimum Gasteiger partial charge on any atom is -0.480 e. The second kappa shape index (κ2) is 11.6. The zero-order chi connectivity index (χ0) is 23.7. The maximum Gasteiger partial charge on any atom is 0.325 e. The molecule has 0 radical (unpaired) electrons. The highest BCUT2D eigenvalue weighted by molar-refractivity contribution is 5.94. The molecule has 3 amide bonds. The van der Waals surface area contributed by atoms with Crippen molar-refractivity contribution in [3.63, 3.8) is 0 Å².